The number of nitrogens with one attached hydrogen (secondary N) is 1. The van der Waals surface area contributed by atoms with Gasteiger partial charge in [0.15, 0.2) is 5.17 Å². The number of carbonyl (C=O) groups excluding carboxylic acids is 2. The van der Waals surface area contributed by atoms with Gasteiger partial charge in [0.25, 0.3) is 0 Å². The Morgan fingerprint density at radius 2 is 2.03 bits per heavy atom. The fourth-order valence-electron chi connectivity index (χ4n) is 5.87. The van der Waals surface area contributed by atoms with Crippen LogP contribution in [-0.4, -0.2) is 34.6 Å². The number of benzene rings is 1. The molecule has 5 rings (SSSR count). The summed E-state index contributed by atoms with van der Waals surface area (Å²) in [6.07, 6.45) is 5.19. The fraction of sp³-hybridized carbons (Fsp3) is 0.500. The number of amides is 1. The summed E-state index contributed by atoms with van der Waals surface area (Å²) in [4.78, 5) is 32.9. The summed E-state index contributed by atoms with van der Waals surface area (Å²) in [6.45, 7) is 6.02. The van der Waals surface area contributed by atoms with E-state index < -0.39 is 0 Å². The first kappa shape index (κ1) is 22.3. The Morgan fingerprint density at radius 1 is 1.21 bits per heavy atom. The lowest BCUT2D eigenvalue weighted by molar-refractivity contribution is -0.139. The van der Waals surface area contributed by atoms with E-state index in [2.05, 4.69) is 10.2 Å². The van der Waals surface area contributed by atoms with Crippen LogP contribution in [0.5, 0.6) is 0 Å². The maximum atomic E-state index is 13.1. The summed E-state index contributed by atoms with van der Waals surface area (Å²) in [5, 5.41) is 6.11. The molecule has 1 N–H and O–H groups in total. The van der Waals surface area contributed by atoms with Crippen molar-refractivity contribution in [3.8, 4) is 0 Å². The average Bonchev–Trinajstić information content (AvgIpc) is 3.50. The van der Waals surface area contributed by atoms with Crippen LogP contribution >= 0.6 is 11.8 Å². The van der Waals surface area contributed by atoms with Gasteiger partial charge in [-0.05, 0) is 68.4 Å². The molecule has 2 aliphatic heterocycles. The van der Waals surface area contributed by atoms with Crippen LogP contribution in [0.4, 0.5) is 0 Å². The zero-order valence-electron chi connectivity index (χ0n) is 19.5. The van der Waals surface area contributed by atoms with Crippen molar-refractivity contribution in [1.82, 2.24) is 10.2 Å². The summed E-state index contributed by atoms with van der Waals surface area (Å²) < 4.78 is 5.43. The van der Waals surface area contributed by atoms with Gasteiger partial charge in [0, 0.05) is 11.7 Å². The summed E-state index contributed by atoms with van der Waals surface area (Å²) in [6, 6.07) is 8.02. The number of hydrogen-bond acceptors (Lipinski definition) is 6. The molecule has 7 heteroatoms. The number of thioether (sulfide) groups is 1. The first-order chi connectivity index (χ1) is 16.0. The molecule has 1 amide bonds. The SMILES string of the molecule is CCOC(=O)C1=C(C)N=C2SC=C(CC(=O)N[C@H]3C[C@H]4CC[C@H]3C4)N2[C@H]1c1ccccc1C. The van der Waals surface area contributed by atoms with E-state index in [1.807, 2.05) is 50.4 Å². The van der Waals surface area contributed by atoms with Gasteiger partial charge in [0.05, 0.1) is 30.3 Å². The van der Waals surface area contributed by atoms with E-state index >= 15 is 0 Å². The van der Waals surface area contributed by atoms with Crippen molar-refractivity contribution in [2.24, 2.45) is 16.8 Å². The van der Waals surface area contributed by atoms with Gasteiger partial charge >= 0.3 is 5.97 Å². The molecular weight excluding hydrogens is 434 g/mol. The van der Waals surface area contributed by atoms with Crippen molar-refractivity contribution >= 4 is 28.8 Å². The Labute approximate surface area is 199 Å². The number of carbonyl (C=O) groups is 2. The van der Waals surface area contributed by atoms with Crippen molar-refractivity contribution < 1.29 is 14.3 Å². The maximum Gasteiger partial charge on any atom is 0.338 e. The summed E-state index contributed by atoms with van der Waals surface area (Å²) in [5.74, 6) is 1.12. The predicted molar refractivity (Wildman–Crippen MR) is 130 cm³/mol. The van der Waals surface area contributed by atoms with Crippen LogP contribution in [0.2, 0.25) is 0 Å². The van der Waals surface area contributed by atoms with E-state index in [0.29, 0.717) is 29.8 Å². The highest BCUT2D eigenvalue weighted by Gasteiger charge is 2.43. The van der Waals surface area contributed by atoms with Crippen LogP contribution < -0.4 is 5.32 Å². The standard InChI is InChI=1S/C26H31N3O3S/c1-4-32-25(31)23-16(3)27-26-29(24(23)20-8-6-5-7-15(20)2)19(14-33-26)13-22(30)28-21-12-17-9-10-18(21)11-17/h5-8,14,17-18,21,24H,4,9-13H2,1-3H3,(H,28,30)/t17-,18-,21-,24-/m0/s1. The molecule has 2 bridgehead atoms. The van der Waals surface area contributed by atoms with Crippen molar-refractivity contribution in [2.75, 3.05) is 6.61 Å². The van der Waals surface area contributed by atoms with Gasteiger partial charge < -0.3 is 15.0 Å². The first-order valence-corrected chi connectivity index (χ1v) is 12.8. The lowest BCUT2D eigenvalue weighted by Gasteiger charge is -2.37. The van der Waals surface area contributed by atoms with Gasteiger partial charge in [-0.25, -0.2) is 9.79 Å². The molecule has 1 aromatic carbocycles. The average molecular weight is 466 g/mol. The smallest absolute Gasteiger partial charge is 0.338 e. The molecule has 2 fully saturated rings. The third-order valence-corrected chi connectivity index (χ3v) is 8.29. The second kappa shape index (κ2) is 9.01. The molecular formula is C26H31N3O3S. The second-order valence-corrected chi connectivity index (χ2v) is 10.3. The molecule has 0 aromatic heterocycles. The van der Waals surface area contributed by atoms with E-state index in [-0.39, 0.29) is 24.3 Å². The van der Waals surface area contributed by atoms with Crippen molar-refractivity contribution in [2.45, 2.75) is 65.0 Å². The molecule has 2 saturated carbocycles. The number of aliphatic imine (C=N–C) groups is 1. The van der Waals surface area contributed by atoms with Gasteiger partial charge in [-0.1, -0.05) is 42.4 Å². The molecule has 1 aromatic rings. The minimum absolute atomic E-state index is 0.0492. The topological polar surface area (TPSA) is 71.0 Å². The van der Waals surface area contributed by atoms with Crippen LogP contribution in [0, 0.1) is 18.8 Å². The third-order valence-electron chi connectivity index (χ3n) is 7.41. The molecule has 0 unspecified atom stereocenters. The van der Waals surface area contributed by atoms with Crippen LogP contribution in [0.25, 0.3) is 0 Å². The van der Waals surface area contributed by atoms with Gasteiger partial charge in [0.1, 0.15) is 0 Å². The zero-order chi connectivity index (χ0) is 23.1. The van der Waals surface area contributed by atoms with Crippen LogP contribution in [0.1, 0.15) is 63.1 Å². The normalized spacial score (nSPS) is 27.9. The monoisotopic (exact) mass is 465 g/mol. The van der Waals surface area contributed by atoms with Gasteiger partial charge in [-0.15, -0.1) is 0 Å². The highest BCUT2D eigenvalue weighted by atomic mass is 32.2. The largest absolute Gasteiger partial charge is 0.463 e. The van der Waals surface area contributed by atoms with Crippen LogP contribution in [0.15, 0.2) is 51.6 Å². The highest BCUT2D eigenvalue weighted by Crippen LogP contribution is 2.46. The lowest BCUT2D eigenvalue weighted by Crippen LogP contribution is -2.41. The van der Waals surface area contributed by atoms with Crippen molar-refractivity contribution in [3.05, 3.63) is 57.8 Å². The third kappa shape index (κ3) is 4.12. The maximum absolute atomic E-state index is 13.1. The predicted octanol–water partition coefficient (Wildman–Crippen LogP) is 4.83. The van der Waals surface area contributed by atoms with E-state index in [1.165, 1.54) is 31.0 Å². The van der Waals surface area contributed by atoms with E-state index in [9.17, 15) is 9.59 Å². The van der Waals surface area contributed by atoms with Gasteiger partial charge in [0.2, 0.25) is 5.91 Å². The van der Waals surface area contributed by atoms with Gasteiger partial charge in [-0.2, -0.15) is 0 Å². The first-order valence-electron chi connectivity index (χ1n) is 11.9. The Morgan fingerprint density at radius 3 is 2.73 bits per heavy atom. The van der Waals surface area contributed by atoms with Crippen molar-refractivity contribution in [3.63, 3.8) is 0 Å². The number of amidine groups is 1. The summed E-state index contributed by atoms with van der Waals surface area (Å²) >= 11 is 1.51. The van der Waals surface area contributed by atoms with E-state index in [1.54, 1.807) is 0 Å². The Kier molecular flexibility index (Phi) is 6.08. The number of nitrogens with zero attached hydrogens (tertiary/aromatic N) is 2. The zero-order valence-corrected chi connectivity index (χ0v) is 20.3. The molecule has 2 heterocycles. The summed E-state index contributed by atoms with van der Waals surface area (Å²) in [7, 11) is 0. The number of rotatable bonds is 6. The number of fused-ring (bicyclic) bond motifs is 3. The molecule has 4 atom stereocenters. The van der Waals surface area contributed by atoms with E-state index in [4.69, 9.17) is 9.73 Å². The van der Waals surface area contributed by atoms with Crippen LogP contribution in [-0.2, 0) is 14.3 Å². The highest BCUT2D eigenvalue weighted by molar-refractivity contribution is 8.16. The molecule has 6 nitrogen and oxygen atoms in total. The van der Waals surface area contributed by atoms with Crippen LogP contribution in [0.3, 0.4) is 0 Å². The van der Waals surface area contributed by atoms with E-state index in [0.717, 1.165) is 34.3 Å². The lowest BCUT2D eigenvalue weighted by atomic mass is 9.91. The Balaban J connectivity index is 1.43. The minimum Gasteiger partial charge on any atom is -0.463 e. The number of hydrogen-bond donors (Lipinski definition) is 1. The van der Waals surface area contributed by atoms with Gasteiger partial charge in [-0.3, -0.25) is 4.79 Å². The minimum atomic E-state index is -0.366. The summed E-state index contributed by atoms with van der Waals surface area (Å²) in [5.41, 5.74) is 4.19. The molecule has 174 valence electrons. The Hall–Kier alpha value is -2.54. The molecule has 0 radical (unpaired) electrons. The number of allylic oxidation sites excluding steroid dienone is 1. The molecule has 0 spiro atoms. The molecule has 33 heavy (non-hydrogen) atoms. The molecule has 0 saturated heterocycles. The Bertz CT molecular complexity index is 1080. The fourth-order valence-corrected chi connectivity index (χ4v) is 6.84. The second-order valence-electron chi connectivity index (χ2n) is 9.50. The number of aryl methyl sites for hydroxylation is 1. The molecule has 4 aliphatic rings. The molecule has 2 aliphatic carbocycles. The van der Waals surface area contributed by atoms with Crippen molar-refractivity contribution in [1.29, 1.82) is 0 Å². The number of esters is 1. The quantitative estimate of drug-likeness (QED) is 0.610. The number of ether oxygens (including phenoxy) is 1.